The number of hydrogen-bond acceptors (Lipinski definition) is 6. The summed E-state index contributed by atoms with van der Waals surface area (Å²) < 4.78 is 11.6. The molecule has 40 heavy (non-hydrogen) atoms. The number of carboxylic acids is 1. The van der Waals surface area contributed by atoms with Crippen molar-refractivity contribution in [1.82, 2.24) is 15.5 Å². The highest BCUT2D eigenvalue weighted by Crippen LogP contribution is 2.45. The molecule has 2 fully saturated rings. The van der Waals surface area contributed by atoms with E-state index in [0.29, 0.717) is 19.4 Å². The number of rotatable bonds is 7. The van der Waals surface area contributed by atoms with Gasteiger partial charge < -0.3 is 30.1 Å². The van der Waals surface area contributed by atoms with E-state index in [2.05, 4.69) is 29.3 Å². The van der Waals surface area contributed by atoms with Crippen LogP contribution in [-0.4, -0.2) is 70.8 Å². The summed E-state index contributed by atoms with van der Waals surface area (Å²) >= 11 is 0. The van der Waals surface area contributed by atoms with Gasteiger partial charge in [-0.15, -0.1) is 6.58 Å². The lowest BCUT2D eigenvalue weighted by Gasteiger charge is -2.29. The van der Waals surface area contributed by atoms with E-state index < -0.39 is 47.6 Å². The van der Waals surface area contributed by atoms with Gasteiger partial charge in [-0.1, -0.05) is 50.1 Å². The molecule has 0 spiro atoms. The Morgan fingerprint density at radius 2 is 2.05 bits per heavy atom. The molecule has 1 aromatic carbocycles. The van der Waals surface area contributed by atoms with Gasteiger partial charge in [0.05, 0.1) is 19.3 Å². The molecular formula is C30H41N3O7. The van der Waals surface area contributed by atoms with Crippen LogP contribution in [0.15, 0.2) is 36.9 Å². The molecule has 1 saturated heterocycles. The minimum atomic E-state index is -1.41. The van der Waals surface area contributed by atoms with E-state index in [1.807, 2.05) is 19.1 Å². The maximum absolute atomic E-state index is 13.8. The second-order valence-electron chi connectivity index (χ2n) is 11.1. The van der Waals surface area contributed by atoms with E-state index in [0.717, 1.165) is 37.7 Å². The molecule has 1 aromatic rings. The molecule has 3 aliphatic rings. The number of cyclic esters (lactones) is 1. The highest BCUT2D eigenvalue weighted by atomic mass is 16.5. The predicted molar refractivity (Wildman–Crippen MR) is 147 cm³/mol. The topological polar surface area (TPSA) is 134 Å². The number of ether oxygens (including phenoxy) is 2. The van der Waals surface area contributed by atoms with Crippen LogP contribution in [0.2, 0.25) is 0 Å². The van der Waals surface area contributed by atoms with Gasteiger partial charge in [0.2, 0.25) is 11.8 Å². The van der Waals surface area contributed by atoms with E-state index in [1.165, 1.54) is 16.5 Å². The molecule has 3 amide bonds. The van der Waals surface area contributed by atoms with Crippen molar-refractivity contribution in [2.24, 2.45) is 5.92 Å². The second-order valence-corrected chi connectivity index (χ2v) is 11.1. The molecule has 0 radical (unpaired) electrons. The van der Waals surface area contributed by atoms with Gasteiger partial charge in [0, 0.05) is 18.9 Å². The van der Waals surface area contributed by atoms with E-state index in [1.54, 1.807) is 0 Å². The van der Waals surface area contributed by atoms with Crippen molar-refractivity contribution >= 4 is 23.9 Å². The molecular weight excluding hydrogens is 514 g/mol. The van der Waals surface area contributed by atoms with E-state index in [9.17, 15) is 24.3 Å². The molecule has 5 atom stereocenters. The largest absolute Gasteiger partial charge is 0.479 e. The fraction of sp³-hybridized carbons (Fsp3) is 0.600. The van der Waals surface area contributed by atoms with Gasteiger partial charge in [0.1, 0.15) is 17.6 Å². The standard InChI is InChI=1S/C30H41N3O7/c1-3-5-13-24-27(35)33-18-23(16-25(33)26(34)32-30(28(36)37)17-22(30)4-2)40-19-21-12-9-11-20(15-21)10-7-6-8-14-39-29(38)31-24/h4,9,11-12,15,22-25H,2-3,5-8,10,13-14,16-19H2,1H3,(H,31,38)(H,32,34)(H,36,37)/t22-,23+,24-,25-,30+/m0/s1. The average molecular weight is 556 g/mol. The minimum Gasteiger partial charge on any atom is -0.479 e. The third kappa shape index (κ3) is 7.02. The first kappa shape index (κ1) is 29.6. The number of nitrogens with zero attached hydrogens (tertiary/aromatic N) is 1. The van der Waals surface area contributed by atoms with E-state index in [4.69, 9.17) is 9.47 Å². The number of carbonyl (C=O) groups excluding carboxylic acids is 3. The van der Waals surface area contributed by atoms with Gasteiger partial charge in [0.25, 0.3) is 0 Å². The summed E-state index contributed by atoms with van der Waals surface area (Å²) in [6, 6.07) is 6.37. The summed E-state index contributed by atoms with van der Waals surface area (Å²) in [6.45, 7) is 6.41. The fourth-order valence-electron chi connectivity index (χ4n) is 5.64. The number of aryl methyl sites for hydroxylation is 1. The van der Waals surface area contributed by atoms with Gasteiger partial charge in [0.15, 0.2) is 0 Å². The smallest absolute Gasteiger partial charge is 0.407 e. The Morgan fingerprint density at radius 3 is 2.77 bits per heavy atom. The Bertz CT molecular complexity index is 1110. The van der Waals surface area contributed by atoms with Crippen molar-refractivity contribution in [2.45, 2.75) is 95.0 Å². The van der Waals surface area contributed by atoms with Gasteiger partial charge in [-0.05, 0) is 49.7 Å². The monoisotopic (exact) mass is 555 g/mol. The van der Waals surface area contributed by atoms with Crippen LogP contribution in [0.3, 0.4) is 0 Å². The zero-order valence-electron chi connectivity index (χ0n) is 23.2. The highest BCUT2D eigenvalue weighted by molar-refractivity contribution is 5.96. The number of amides is 3. The molecule has 4 rings (SSSR count). The quantitative estimate of drug-likeness (QED) is 0.440. The molecule has 10 heteroatoms. The maximum Gasteiger partial charge on any atom is 0.407 e. The number of unbranched alkanes of at least 4 members (excludes halogenated alkanes) is 1. The Balaban J connectivity index is 1.58. The average Bonchev–Trinajstić information content (AvgIpc) is 3.49. The van der Waals surface area contributed by atoms with Crippen LogP contribution in [0.5, 0.6) is 0 Å². The van der Waals surface area contributed by atoms with Gasteiger partial charge in [-0.3, -0.25) is 9.59 Å². The fourth-order valence-corrected chi connectivity index (χ4v) is 5.64. The normalized spacial score (nSPS) is 29.4. The third-order valence-electron chi connectivity index (χ3n) is 8.13. The molecule has 2 aliphatic heterocycles. The summed E-state index contributed by atoms with van der Waals surface area (Å²) in [6.07, 6.45) is 6.31. The first-order chi connectivity index (χ1) is 19.3. The van der Waals surface area contributed by atoms with Crippen LogP contribution in [-0.2, 0) is 36.9 Å². The number of nitrogens with one attached hydrogen (secondary N) is 2. The van der Waals surface area contributed by atoms with Crippen molar-refractivity contribution in [3.8, 4) is 0 Å². The first-order valence-corrected chi connectivity index (χ1v) is 14.4. The molecule has 1 saturated carbocycles. The van der Waals surface area contributed by atoms with E-state index >= 15 is 0 Å². The summed E-state index contributed by atoms with van der Waals surface area (Å²) in [4.78, 5) is 53.4. The number of carbonyl (C=O) groups is 4. The summed E-state index contributed by atoms with van der Waals surface area (Å²) in [5.74, 6) is -2.46. The zero-order valence-corrected chi connectivity index (χ0v) is 23.2. The lowest BCUT2D eigenvalue weighted by molar-refractivity contribution is -0.145. The number of fused-ring (bicyclic) bond motifs is 4. The predicted octanol–water partition coefficient (Wildman–Crippen LogP) is 3.33. The van der Waals surface area contributed by atoms with Crippen molar-refractivity contribution in [3.63, 3.8) is 0 Å². The highest BCUT2D eigenvalue weighted by Gasteiger charge is 2.61. The molecule has 3 N–H and O–H groups in total. The summed E-state index contributed by atoms with van der Waals surface area (Å²) in [5.41, 5.74) is 0.792. The number of benzene rings is 1. The van der Waals surface area contributed by atoms with Gasteiger partial charge >= 0.3 is 12.1 Å². The number of aliphatic carboxylic acids is 1. The summed E-state index contributed by atoms with van der Waals surface area (Å²) in [5, 5.41) is 15.2. The second kappa shape index (κ2) is 13.3. The lowest BCUT2D eigenvalue weighted by atomic mass is 10.0. The SMILES string of the molecule is C=C[C@H]1C[C@]1(NC(=O)[C@@H]1C[C@@H]2CN1C(=O)[C@H](CCCC)NC(=O)OCCCCCc1cccc(c1)CO2)C(=O)O. The Kier molecular flexibility index (Phi) is 9.84. The summed E-state index contributed by atoms with van der Waals surface area (Å²) in [7, 11) is 0. The number of alkyl carbamates (subject to hydrolysis) is 1. The number of carboxylic acid groups (broad SMARTS) is 1. The molecule has 1 aliphatic carbocycles. The molecule has 2 heterocycles. The Morgan fingerprint density at radius 1 is 1.25 bits per heavy atom. The van der Waals surface area contributed by atoms with E-state index in [-0.39, 0.29) is 31.9 Å². The van der Waals surface area contributed by atoms with Crippen molar-refractivity contribution in [3.05, 3.63) is 48.0 Å². The van der Waals surface area contributed by atoms with Crippen LogP contribution >= 0.6 is 0 Å². The molecule has 10 nitrogen and oxygen atoms in total. The number of hydrogen-bond donors (Lipinski definition) is 3. The molecule has 0 unspecified atom stereocenters. The van der Waals surface area contributed by atoms with Crippen LogP contribution in [0, 0.1) is 5.92 Å². The zero-order chi connectivity index (χ0) is 28.7. The van der Waals surface area contributed by atoms with Crippen LogP contribution in [0.4, 0.5) is 4.79 Å². The van der Waals surface area contributed by atoms with Crippen LogP contribution < -0.4 is 10.6 Å². The van der Waals surface area contributed by atoms with Gasteiger partial charge in [-0.25, -0.2) is 9.59 Å². The van der Waals surface area contributed by atoms with Crippen molar-refractivity contribution in [1.29, 1.82) is 0 Å². The molecule has 4 bridgehead atoms. The Labute approximate surface area is 235 Å². The minimum absolute atomic E-state index is 0.154. The Hall–Kier alpha value is -3.40. The maximum atomic E-state index is 13.8. The first-order valence-electron chi connectivity index (χ1n) is 14.4. The van der Waals surface area contributed by atoms with Crippen LogP contribution in [0.25, 0.3) is 0 Å². The lowest BCUT2D eigenvalue weighted by Crippen LogP contribution is -2.56. The van der Waals surface area contributed by atoms with Gasteiger partial charge in [-0.2, -0.15) is 0 Å². The van der Waals surface area contributed by atoms with Crippen molar-refractivity contribution < 1.29 is 33.8 Å². The van der Waals surface area contributed by atoms with Crippen LogP contribution in [0.1, 0.15) is 69.4 Å². The third-order valence-corrected chi connectivity index (χ3v) is 8.13. The molecule has 0 aromatic heterocycles. The molecule has 218 valence electrons. The van der Waals surface area contributed by atoms with Crippen molar-refractivity contribution in [2.75, 3.05) is 13.2 Å².